The fourth-order valence-electron chi connectivity index (χ4n) is 1.50. The second kappa shape index (κ2) is 7.17. The zero-order valence-electron chi connectivity index (χ0n) is 10.4. The third-order valence-electron chi connectivity index (χ3n) is 2.38. The van der Waals surface area contributed by atoms with Crippen molar-refractivity contribution in [1.29, 1.82) is 0 Å². The molecule has 0 unspecified atom stereocenters. The lowest BCUT2D eigenvalue weighted by atomic mass is 10.2. The average Bonchev–Trinajstić information content (AvgIpc) is 2.33. The molecule has 0 aliphatic rings. The molecule has 0 saturated heterocycles. The molecule has 0 saturated carbocycles. The number of aliphatic hydroxyl groups excluding tert-OH is 1. The highest BCUT2D eigenvalue weighted by Crippen LogP contribution is 2.17. The molecule has 0 radical (unpaired) electrons. The molecule has 0 fully saturated rings. The first kappa shape index (κ1) is 14.7. The minimum absolute atomic E-state index is 0.116. The number of nitrogens with zero attached hydrogens (tertiary/aromatic N) is 1. The molecule has 0 aliphatic carbocycles. The van der Waals surface area contributed by atoms with Crippen molar-refractivity contribution in [2.45, 2.75) is 24.8 Å². The largest absolute Gasteiger partial charge is 0.396 e. The molecule has 3 N–H and O–H groups in total. The predicted octanol–water partition coefficient (Wildman–Crippen LogP) is 0.303. The first-order chi connectivity index (χ1) is 8.60. The van der Waals surface area contributed by atoms with Crippen LogP contribution >= 0.6 is 11.8 Å². The Hall–Kier alpha value is -1.34. The highest BCUT2D eigenvalue weighted by molar-refractivity contribution is 7.98. The lowest BCUT2D eigenvalue weighted by Gasteiger charge is -2.09. The molecule has 1 aromatic rings. The number of thioether (sulfide) groups is 1. The maximum atomic E-state index is 12.0. The van der Waals surface area contributed by atoms with Crippen LogP contribution in [0.3, 0.4) is 0 Å². The van der Waals surface area contributed by atoms with Crippen molar-refractivity contribution in [1.82, 2.24) is 15.3 Å². The van der Waals surface area contributed by atoms with Crippen LogP contribution in [0.25, 0.3) is 0 Å². The summed E-state index contributed by atoms with van der Waals surface area (Å²) in [5.41, 5.74) is 0.471. The molecule has 0 atom stereocenters. The summed E-state index contributed by atoms with van der Waals surface area (Å²) in [6.07, 6.45) is 3.13. The van der Waals surface area contributed by atoms with Crippen LogP contribution in [-0.4, -0.2) is 40.4 Å². The van der Waals surface area contributed by atoms with Crippen LogP contribution in [0.2, 0.25) is 0 Å². The van der Waals surface area contributed by atoms with Gasteiger partial charge >= 0.3 is 5.69 Å². The van der Waals surface area contributed by atoms with Gasteiger partial charge in [0.15, 0.2) is 0 Å². The van der Waals surface area contributed by atoms with Gasteiger partial charge in [-0.1, -0.05) is 0 Å². The van der Waals surface area contributed by atoms with Gasteiger partial charge in [0.1, 0.15) is 5.03 Å². The molecular formula is C11H17N3O3S. The minimum Gasteiger partial charge on any atom is -0.396 e. The van der Waals surface area contributed by atoms with E-state index in [0.29, 0.717) is 35.7 Å². The lowest BCUT2D eigenvalue weighted by molar-refractivity contribution is 0.0947. The van der Waals surface area contributed by atoms with E-state index in [1.807, 2.05) is 0 Å². The number of rotatable bonds is 6. The Balaban J connectivity index is 2.81. The number of aryl methyl sites for hydroxylation is 1. The molecule has 1 rings (SSSR count). The maximum absolute atomic E-state index is 12.0. The minimum atomic E-state index is -0.450. The van der Waals surface area contributed by atoms with Gasteiger partial charge in [0.05, 0.1) is 5.56 Å². The number of hydrogen-bond acceptors (Lipinski definition) is 5. The van der Waals surface area contributed by atoms with Crippen LogP contribution in [-0.2, 0) is 0 Å². The van der Waals surface area contributed by atoms with Crippen molar-refractivity contribution in [2.24, 2.45) is 0 Å². The van der Waals surface area contributed by atoms with E-state index in [1.165, 1.54) is 11.8 Å². The van der Waals surface area contributed by atoms with Crippen molar-refractivity contribution in [3.05, 3.63) is 21.7 Å². The van der Waals surface area contributed by atoms with Gasteiger partial charge in [0.25, 0.3) is 5.91 Å². The second-order valence-corrected chi connectivity index (χ2v) is 4.53. The van der Waals surface area contributed by atoms with E-state index in [1.54, 1.807) is 13.2 Å². The first-order valence-corrected chi connectivity index (χ1v) is 6.86. The van der Waals surface area contributed by atoms with Crippen molar-refractivity contribution in [3.63, 3.8) is 0 Å². The Morgan fingerprint density at radius 1 is 1.50 bits per heavy atom. The fraction of sp³-hybridized carbons (Fsp3) is 0.545. The molecule has 0 aromatic carbocycles. The highest BCUT2D eigenvalue weighted by atomic mass is 32.2. The molecule has 1 heterocycles. The van der Waals surface area contributed by atoms with Crippen molar-refractivity contribution in [2.75, 3.05) is 19.4 Å². The van der Waals surface area contributed by atoms with E-state index in [2.05, 4.69) is 15.3 Å². The van der Waals surface area contributed by atoms with Crippen LogP contribution in [0.4, 0.5) is 0 Å². The van der Waals surface area contributed by atoms with E-state index in [-0.39, 0.29) is 12.5 Å². The third kappa shape index (κ3) is 3.85. The first-order valence-electron chi connectivity index (χ1n) is 5.64. The van der Waals surface area contributed by atoms with Gasteiger partial charge in [-0.3, -0.25) is 4.79 Å². The van der Waals surface area contributed by atoms with Crippen LogP contribution in [0.15, 0.2) is 9.82 Å². The van der Waals surface area contributed by atoms with Crippen molar-refractivity contribution >= 4 is 17.7 Å². The summed E-state index contributed by atoms with van der Waals surface area (Å²) in [5, 5.41) is 11.8. The van der Waals surface area contributed by atoms with Gasteiger partial charge in [-0.15, -0.1) is 11.8 Å². The molecule has 0 aliphatic heterocycles. The molecule has 18 heavy (non-hydrogen) atoms. The number of amides is 1. The molecule has 6 nitrogen and oxygen atoms in total. The summed E-state index contributed by atoms with van der Waals surface area (Å²) < 4.78 is 0. The molecule has 0 spiro atoms. The second-order valence-electron chi connectivity index (χ2n) is 3.74. The Morgan fingerprint density at radius 2 is 2.22 bits per heavy atom. The lowest BCUT2D eigenvalue weighted by Crippen LogP contribution is -2.28. The zero-order chi connectivity index (χ0) is 13.5. The Kier molecular flexibility index (Phi) is 5.87. The van der Waals surface area contributed by atoms with Gasteiger partial charge in [-0.05, 0) is 26.0 Å². The summed E-state index contributed by atoms with van der Waals surface area (Å²) in [5.74, 6) is -0.251. The monoisotopic (exact) mass is 271 g/mol. The summed E-state index contributed by atoms with van der Waals surface area (Å²) in [6, 6.07) is 0. The Bertz CT molecular complexity index is 473. The fourth-order valence-corrected chi connectivity index (χ4v) is 2.13. The van der Waals surface area contributed by atoms with Crippen molar-refractivity contribution < 1.29 is 9.90 Å². The summed E-state index contributed by atoms with van der Waals surface area (Å²) in [6.45, 7) is 2.28. The van der Waals surface area contributed by atoms with Gasteiger partial charge in [-0.25, -0.2) is 4.79 Å². The topological polar surface area (TPSA) is 95.1 Å². The number of unbranched alkanes of at least 4 members (excludes halogenated alkanes) is 1. The number of hydrogen-bond donors (Lipinski definition) is 3. The Morgan fingerprint density at radius 3 is 2.83 bits per heavy atom. The van der Waals surface area contributed by atoms with Crippen LogP contribution in [0.1, 0.15) is 28.9 Å². The Labute approximate surface area is 109 Å². The molecular weight excluding hydrogens is 254 g/mol. The maximum Gasteiger partial charge on any atom is 0.346 e. The number of carbonyl (C=O) groups is 1. The van der Waals surface area contributed by atoms with E-state index in [4.69, 9.17) is 5.11 Å². The van der Waals surface area contributed by atoms with Gasteiger partial charge in [0, 0.05) is 18.8 Å². The van der Waals surface area contributed by atoms with Crippen LogP contribution in [0, 0.1) is 6.92 Å². The van der Waals surface area contributed by atoms with E-state index < -0.39 is 5.69 Å². The predicted molar refractivity (Wildman–Crippen MR) is 70.0 cm³/mol. The number of H-pyrrole nitrogens is 1. The molecule has 0 bridgehead atoms. The number of aliphatic hydroxyl groups is 1. The van der Waals surface area contributed by atoms with Gasteiger partial charge in [-0.2, -0.15) is 4.98 Å². The van der Waals surface area contributed by atoms with Gasteiger partial charge < -0.3 is 15.4 Å². The smallest absolute Gasteiger partial charge is 0.346 e. The standard InChI is InChI=1S/C11H17N3O3S/c1-7-8(9(16)12-5-3-4-6-15)10(18-2)14-11(17)13-7/h15H,3-6H2,1-2H3,(H,12,16)(H,13,14,17). The quantitative estimate of drug-likeness (QED) is 0.393. The number of aromatic amines is 1. The number of aromatic nitrogens is 2. The van der Waals surface area contributed by atoms with Crippen molar-refractivity contribution in [3.8, 4) is 0 Å². The molecule has 100 valence electrons. The number of carbonyl (C=O) groups excluding carboxylic acids is 1. The average molecular weight is 271 g/mol. The zero-order valence-corrected chi connectivity index (χ0v) is 11.3. The van der Waals surface area contributed by atoms with Crippen LogP contribution < -0.4 is 11.0 Å². The molecule has 1 amide bonds. The molecule has 7 heteroatoms. The van der Waals surface area contributed by atoms with Gasteiger partial charge in [0.2, 0.25) is 0 Å². The summed E-state index contributed by atoms with van der Waals surface area (Å²) >= 11 is 1.26. The summed E-state index contributed by atoms with van der Waals surface area (Å²) in [7, 11) is 0. The normalized spacial score (nSPS) is 10.4. The number of nitrogens with one attached hydrogen (secondary N) is 2. The third-order valence-corrected chi connectivity index (χ3v) is 3.06. The SMILES string of the molecule is CSc1nc(=O)[nH]c(C)c1C(=O)NCCCCO. The van der Waals surface area contributed by atoms with E-state index in [9.17, 15) is 9.59 Å². The van der Waals surface area contributed by atoms with E-state index in [0.717, 1.165) is 0 Å². The summed E-state index contributed by atoms with van der Waals surface area (Å²) in [4.78, 5) is 29.5. The van der Waals surface area contributed by atoms with E-state index >= 15 is 0 Å². The van der Waals surface area contributed by atoms with Crippen LogP contribution in [0.5, 0.6) is 0 Å². The molecule has 1 aromatic heterocycles. The highest BCUT2D eigenvalue weighted by Gasteiger charge is 2.16.